The number of hydrogen-bond acceptors (Lipinski definition) is 2. The van der Waals surface area contributed by atoms with Crippen molar-refractivity contribution in [3.63, 3.8) is 0 Å². The molecule has 20 heavy (non-hydrogen) atoms. The summed E-state index contributed by atoms with van der Waals surface area (Å²) in [5.41, 5.74) is -0.608. The first-order chi connectivity index (χ1) is 9.44. The molecule has 0 fully saturated rings. The van der Waals surface area contributed by atoms with Crippen LogP contribution in [0.1, 0.15) is 24.6 Å². The number of nitrogens with zero attached hydrogens (tertiary/aromatic N) is 1. The van der Waals surface area contributed by atoms with Gasteiger partial charge in [0.25, 0.3) is 0 Å². The molecule has 0 aliphatic heterocycles. The van der Waals surface area contributed by atoms with E-state index in [1.165, 1.54) is 18.2 Å². The molecular formula is C15H14F3NO. The predicted octanol–water partition coefficient (Wildman–Crippen LogP) is 3.34. The number of aromatic nitrogens is 1. The zero-order valence-electron chi connectivity index (χ0n) is 10.9. The summed E-state index contributed by atoms with van der Waals surface area (Å²) >= 11 is 0. The largest absolute Gasteiger partial charge is 0.383 e. The Morgan fingerprint density at radius 1 is 1.10 bits per heavy atom. The van der Waals surface area contributed by atoms with Gasteiger partial charge < -0.3 is 5.11 Å². The third-order valence-electron chi connectivity index (χ3n) is 3.27. The van der Waals surface area contributed by atoms with Crippen molar-refractivity contribution in [3.05, 3.63) is 65.2 Å². The molecule has 1 heterocycles. The van der Waals surface area contributed by atoms with Crippen molar-refractivity contribution in [2.75, 3.05) is 0 Å². The van der Waals surface area contributed by atoms with E-state index in [0.29, 0.717) is 17.7 Å². The van der Waals surface area contributed by atoms with Crippen molar-refractivity contribution in [2.24, 2.45) is 0 Å². The van der Waals surface area contributed by atoms with Crippen LogP contribution in [-0.2, 0) is 12.0 Å². The highest BCUT2D eigenvalue weighted by molar-refractivity contribution is 5.23. The first-order valence-corrected chi connectivity index (χ1v) is 6.23. The van der Waals surface area contributed by atoms with Crippen molar-refractivity contribution < 1.29 is 18.3 Å². The molecule has 2 aromatic rings. The normalized spacial score (nSPS) is 14.1. The summed E-state index contributed by atoms with van der Waals surface area (Å²) in [6.07, 6.45) is 1.39. The highest BCUT2D eigenvalue weighted by Crippen LogP contribution is 2.28. The summed E-state index contributed by atoms with van der Waals surface area (Å²) < 4.78 is 38.9. The number of hydrogen-bond donors (Lipinski definition) is 1. The van der Waals surface area contributed by atoms with Gasteiger partial charge in [0.2, 0.25) is 0 Å². The van der Waals surface area contributed by atoms with E-state index < -0.39 is 23.1 Å². The Balaban J connectivity index is 2.31. The average molecular weight is 281 g/mol. The standard InChI is InChI=1S/C15H14F3NO/c1-2-15(20,14-6-4-11(16)9-19-14)8-10-3-5-12(17)13(18)7-10/h3-7,9,20H,2,8H2,1H3. The van der Waals surface area contributed by atoms with Gasteiger partial charge in [0, 0.05) is 6.42 Å². The Morgan fingerprint density at radius 3 is 2.40 bits per heavy atom. The molecule has 0 aliphatic carbocycles. The smallest absolute Gasteiger partial charge is 0.159 e. The van der Waals surface area contributed by atoms with Crippen molar-refractivity contribution >= 4 is 0 Å². The molecule has 0 bridgehead atoms. The molecule has 0 radical (unpaired) electrons. The molecule has 1 atom stereocenters. The van der Waals surface area contributed by atoms with Gasteiger partial charge in [-0.3, -0.25) is 4.98 Å². The van der Waals surface area contributed by atoms with Crippen LogP contribution < -0.4 is 0 Å². The van der Waals surface area contributed by atoms with Crippen LogP contribution in [0.3, 0.4) is 0 Å². The van der Waals surface area contributed by atoms with E-state index >= 15 is 0 Å². The van der Waals surface area contributed by atoms with Crippen LogP contribution in [0.2, 0.25) is 0 Å². The average Bonchev–Trinajstić information content (AvgIpc) is 2.43. The lowest BCUT2D eigenvalue weighted by molar-refractivity contribution is 0.0281. The Kier molecular flexibility index (Phi) is 4.09. The van der Waals surface area contributed by atoms with Crippen molar-refractivity contribution in [1.82, 2.24) is 4.98 Å². The van der Waals surface area contributed by atoms with Crippen LogP contribution >= 0.6 is 0 Å². The molecule has 0 aliphatic rings. The fourth-order valence-corrected chi connectivity index (χ4v) is 2.04. The van der Waals surface area contributed by atoms with E-state index in [1.807, 2.05) is 0 Å². The summed E-state index contributed by atoms with van der Waals surface area (Å²) in [5, 5.41) is 10.6. The summed E-state index contributed by atoms with van der Waals surface area (Å²) in [7, 11) is 0. The first-order valence-electron chi connectivity index (χ1n) is 6.23. The predicted molar refractivity (Wildman–Crippen MR) is 68.4 cm³/mol. The van der Waals surface area contributed by atoms with Gasteiger partial charge in [0.1, 0.15) is 11.4 Å². The maximum atomic E-state index is 13.2. The van der Waals surface area contributed by atoms with Crippen molar-refractivity contribution in [1.29, 1.82) is 0 Å². The SMILES string of the molecule is CCC(O)(Cc1ccc(F)c(F)c1)c1ccc(F)cn1. The molecule has 5 heteroatoms. The number of halogens is 3. The minimum Gasteiger partial charge on any atom is -0.383 e. The van der Waals surface area contributed by atoms with E-state index in [4.69, 9.17) is 0 Å². The Bertz CT molecular complexity index is 601. The van der Waals surface area contributed by atoms with Crippen LogP contribution in [-0.4, -0.2) is 10.1 Å². The maximum absolute atomic E-state index is 13.2. The molecule has 1 aromatic heterocycles. The van der Waals surface area contributed by atoms with Gasteiger partial charge >= 0.3 is 0 Å². The lowest BCUT2D eigenvalue weighted by Crippen LogP contribution is -2.29. The van der Waals surface area contributed by atoms with Gasteiger partial charge in [-0.2, -0.15) is 0 Å². The quantitative estimate of drug-likeness (QED) is 0.932. The Morgan fingerprint density at radius 2 is 1.85 bits per heavy atom. The van der Waals surface area contributed by atoms with Gasteiger partial charge in [-0.05, 0) is 36.2 Å². The van der Waals surface area contributed by atoms with Crippen LogP contribution in [0.4, 0.5) is 13.2 Å². The topological polar surface area (TPSA) is 33.1 Å². The second-order valence-corrected chi connectivity index (χ2v) is 4.67. The molecule has 1 unspecified atom stereocenters. The summed E-state index contributed by atoms with van der Waals surface area (Å²) in [6, 6.07) is 6.05. The summed E-state index contributed by atoms with van der Waals surface area (Å²) in [4.78, 5) is 3.86. The lowest BCUT2D eigenvalue weighted by Gasteiger charge is -2.26. The third kappa shape index (κ3) is 2.99. The molecular weight excluding hydrogens is 267 g/mol. The van der Waals surface area contributed by atoms with E-state index in [1.54, 1.807) is 6.92 Å². The van der Waals surface area contributed by atoms with Gasteiger partial charge in [-0.15, -0.1) is 0 Å². The number of aliphatic hydroxyl groups is 1. The Hall–Kier alpha value is -1.88. The highest BCUT2D eigenvalue weighted by atomic mass is 19.2. The van der Waals surface area contributed by atoms with Gasteiger partial charge in [-0.25, -0.2) is 13.2 Å². The first kappa shape index (κ1) is 14.5. The van der Waals surface area contributed by atoms with Crippen LogP contribution in [0.15, 0.2) is 36.5 Å². The minimum atomic E-state index is -1.35. The van der Waals surface area contributed by atoms with Crippen molar-refractivity contribution in [3.8, 4) is 0 Å². The number of benzene rings is 1. The van der Waals surface area contributed by atoms with E-state index in [-0.39, 0.29) is 6.42 Å². The van der Waals surface area contributed by atoms with Crippen LogP contribution in [0.5, 0.6) is 0 Å². The third-order valence-corrected chi connectivity index (χ3v) is 3.27. The molecule has 2 nitrogen and oxygen atoms in total. The maximum Gasteiger partial charge on any atom is 0.159 e. The van der Waals surface area contributed by atoms with E-state index in [2.05, 4.69) is 4.98 Å². The molecule has 1 N–H and O–H groups in total. The van der Waals surface area contributed by atoms with Gasteiger partial charge in [0.15, 0.2) is 11.6 Å². The van der Waals surface area contributed by atoms with E-state index in [9.17, 15) is 18.3 Å². The van der Waals surface area contributed by atoms with Gasteiger partial charge in [0.05, 0.1) is 11.9 Å². The number of pyridine rings is 1. The van der Waals surface area contributed by atoms with E-state index in [0.717, 1.165) is 18.3 Å². The van der Waals surface area contributed by atoms with Crippen molar-refractivity contribution in [2.45, 2.75) is 25.4 Å². The molecule has 0 saturated carbocycles. The summed E-state index contributed by atoms with van der Waals surface area (Å²) in [6.45, 7) is 1.74. The monoisotopic (exact) mass is 281 g/mol. The second kappa shape index (κ2) is 5.63. The van der Waals surface area contributed by atoms with Crippen LogP contribution in [0.25, 0.3) is 0 Å². The lowest BCUT2D eigenvalue weighted by atomic mass is 9.88. The molecule has 0 saturated heterocycles. The zero-order valence-corrected chi connectivity index (χ0v) is 10.9. The fraction of sp³-hybridized carbons (Fsp3) is 0.267. The highest BCUT2D eigenvalue weighted by Gasteiger charge is 2.29. The molecule has 0 amide bonds. The van der Waals surface area contributed by atoms with Crippen LogP contribution in [0, 0.1) is 17.5 Å². The fourth-order valence-electron chi connectivity index (χ4n) is 2.04. The number of rotatable bonds is 4. The zero-order chi connectivity index (χ0) is 14.8. The minimum absolute atomic E-state index is 0.0688. The molecule has 0 spiro atoms. The summed E-state index contributed by atoms with van der Waals surface area (Å²) in [5.74, 6) is -2.40. The Labute approximate surface area is 114 Å². The second-order valence-electron chi connectivity index (χ2n) is 4.67. The molecule has 106 valence electrons. The van der Waals surface area contributed by atoms with Gasteiger partial charge in [-0.1, -0.05) is 13.0 Å². The molecule has 2 rings (SSSR count). The molecule has 1 aromatic carbocycles.